The molecule has 0 spiro atoms. The highest BCUT2D eigenvalue weighted by Gasteiger charge is 2.27. The molecule has 0 aliphatic carbocycles. The highest BCUT2D eigenvalue weighted by atomic mass is 35.5. The van der Waals surface area contributed by atoms with Gasteiger partial charge < -0.3 is 14.5 Å². The van der Waals surface area contributed by atoms with E-state index in [4.69, 9.17) is 4.74 Å². The Bertz CT molecular complexity index is 1250. The number of ether oxygens (including phenoxy) is 1. The van der Waals surface area contributed by atoms with Crippen LogP contribution in [0.1, 0.15) is 16.8 Å². The fraction of sp³-hybridized carbons (Fsp3) is 0.391. The van der Waals surface area contributed by atoms with Gasteiger partial charge in [-0.15, -0.1) is 12.4 Å². The van der Waals surface area contributed by atoms with Crippen LogP contribution in [0.25, 0.3) is 10.2 Å². The molecule has 3 aromatic rings. The van der Waals surface area contributed by atoms with Crippen molar-refractivity contribution in [2.75, 3.05) is 63.3 Å². The number of nitro benzene ring substituents is 1. The fourth-order valence-electron chi connectivity index (χ4n) is 3.92. The van der Waals surface area contributed by atoms with Gasteiger partial charge in [-0.1, -0.05) is 11.3 Å². The number of anilines is 2. The number of carbonyl (C=O) groups excluding carboxylic acids is 1. The van der Waals surface area contributed by atoms with Crippen molar-refractivity contribution in [3.8, 4) is 0 Å². The number of carbonyl (C=O) groups is 1. The van der Waals surface area contributed by atoms with Crippen molar-refractivity contribution in [2.24, 2.45) is 0 Å². The van der Waals surface area contributed by atoms with Gasteiger partial charge in [0.2, 0.25) is 0 Å². The molecule has 2 aromatic carbocycles. The third-order valence-electron chi connectivity index (χ3n) is 5.64. The summed E-state index contributed by atoms with van der Waals surface area (Å²) >= 11 is 0.996. The number of morpholine rings is 1. The second kappa shape index (κ2) is 11.9. The van der Waals surface area contributed by atoms with Crippen LogP contribution in [0.15, 0.2) is 30.3 Å². The number of nitrogens with zero attached hydrogens (tertiary/aromatic N) is 5. The molecule has 0 atom stereocenters. The molecular formula is C23H26ClF2N5O4S. The van der Waals surface area contributed by atoms with Crippen molar-refractivity contribution in [1.82, 2.24) is 9.88 Å². The average molecular weight is 542 g/mol. The van der Waals surface area contributed by atoms with Gasteiger partial charge in [-0.05, 0) is 45.3 Å². The first kappa shape index (κ1) is 27.7. The second-order valence-corrected chi connectivity index (χ2v) is 9.41. The predicted molar refractivity (Wildman–Crippen MR) is 138 cm³/mol. The molecule has 0 radical (unpaired) electrons. The maximum Gasteiger partial charge on any atom is 0.293 e. The topological polar surface area (TPSA) is 92.0 Å². The minimum absolute atomic E-state index is 0. The number of halogens is 3. The normalized spacial score (nSPS) is 13.6. The van der Waals surface area contributed by atoms with Gasteiger partial charge >= 0.3 is 0 Å². The molecule has 9 nitrogen and oxygen atoms in total. The zero-order valence-electron chi connectivity index (χ0n) is 19.8. The summed E-state index contributed by atoms with van der Waals surface area (Å²) in [5.74, 6) is -2.04. The van der Waals surface area contributed by atoms with Crippen molar-refractivity contribution < 1.29 is 23.2 Å². The number of hydrogen-bond acceptors (Lipinski definition) is 8. The number of thiazole rings is 1. The van der Waals surface area contributed by atoms with Crippen molar-refractivity contribution in [3.63, 3.8) is 0 Å². The van der Waals surface area contributed by atoms with E-state index in [0.29, 0.717) is 45.0 Å². The number of amides is 1. The monoisotopic (exact) mass is 541 g/mol. The van der Waals surface area contributed by atoms with E-state index in [1.54, 1.807) is 12.1 Å². The zero-order chi connectivity index (χ0) is 25.1. The Morgan fingerprint density at radius 2 is 1.92 bits per heavy atom. The largest absolute Gasteiger partial charge is 0.378 e. The quantitative estimate of drug-likeness (QED) is 0.309. The number of nitro groups is 1. The first-order chi connectivity index (χ1) is 16.7. The van der Waals surface area contributed by atoms with Gasteiger partial charge in [-0.3, -0.25) is 19.8 Å². The van der Waals surface area contributed by atoms with Crippen LogP contribution in [0, 0.1) is 21.7 Å². The van der Waals surface area contributed by atoms with Gasteiger partial charge in [0.25, 0.3) is 11.6 Å². The Morgan fingerprint density at radius 3 is 2.58 bits per heavy atom. The SMILES string of the molecule is CN(C)CCCN(C(=O)c1ccc(N2CCOCC2)c([N+](=O)[O-])c1)c1nc2c(F)cc(F)cc2s1.Cl. The van der Waals surface area contributed by atoms with E-state index in [9.17, 15) is 23.7 Å². The molecule has 36 heavy (non-hydrogen) atoms. The summed E-state index contributed by atoms with van der Waals surface area (Å²) in [7, 11) is 3.80. The zero-order valence-corrected chi connectivity index (χ0v) is 21.4. The van der Waals surface area contributed by atoms with Gasteiger partial charge in [0, 0.05) is 37.3 Å². The van der Waals surface area contributed by atoms with E-state index in [-0.39, 0.29) is 45.6 Å². The Labute approximate surface area is 216 Å². The molecule has 4 rings (SSSR count). The lowest BCUT2D eigenvalue weighted by Crippen LogP contribution is -2.37. The van der Waals surface area contributed by atoms with Crippen LogP contribution in [0.3, 0.4) is 0 Å². The number of rotatable bonds is 8. The van der Waals surface area contributed by atoms with Crippen LogP contribution < -0.4 is 9.80 Å². The van der Waals surface area contributed by atoms with Crippen molar-refractivity contribution in [1.29, 1.82) is 0 Å². The molecule has 2 heterocycles. The molecule has 1 aromatic heterocycles. The van der Waals surface area contributed by atoms with Crippen LogP contribution in [-0.2, 0) is 4.74 Å². The molecule has 1 saturated heterocycles. The van der Waals surface area contributed by atoms with E-state index >= 15 is 0 Å². The number of hydrogen-bond donors (Lipinski definition) is 0. The molecule has 0 N–H and O–H groups in total. The first-order valence-electron chi connectivity index (χ1n) is 11.1. The Kier molecular flexibility index (Phi) is 9.12. The fourth-order valence-corrected chi connectivity index (χ4v) is 4.95. The Balaban J connectivity index is 0.00000361. The molecule has 1 aliphatic rings. The summed E-state index contributed by atoms with van der Waals surface area (Å²) in [5, 5.41) is 12.0. The van der Waals surface area contributed by atoms with Crippen LogP contribution in [0.5, 0.6) is 0 Å². The van der Waals surface area contributed by atoms with E-state index in [0.717, 1.165) is 17.4 Å². The molecule has 1 aliphatic heterocycles. The summed E-state index contributed by atoms with van der Waals surface area (Å²) < 4.78 is 33.6. The maximum absolute atomic E-state index is 14.3. The van der Waals surface area contributed by atoms with Crippen molar-refractivity contribution >= 4 is 56.4 Å². The molecule has 0 bridgehead atoms. The van der Waals surface area contributed by atoms with Gasteiger partial charge in [0.1, 0.15) is 17.0 Å². The maximum atomic E-state index is 14.3. The number of aromatic nitrogens is 1. The third-order valence-corrected chi connectivity index (χ3v) is 6.66. The summed E-state index contributed by atoms with van der Waals surface area (Å²) in [4.78, 5) is 34.3. The number of benzene rings is 2. The molecule has 1 amide bonds. The summed E-state index contributed by atoms with van der Waals surface area (Å²) in [6.07, 6.45) is 0.583. The van der Waals surface area contributed by atoms with E-state index < -0.39 is 22.5 Å². The second-order valence-electron chi connectivity index (χ2n) is 8.40. The molecule has 13 heteroatoms. The lowest BCUT2D eigenvalue weighted by Gasteiger charge is -2.28. The van der Waals surface area contributed by atoms with E-state index in [2.05, 4.69) is 4.98 Å². The van der Waals surface area contributed by atoms with Gasteiger partial charge in [0.15, 0.2) is 10.9 Å². The standard InChI is InChI=1S/C23H25F2N5O4S.ClH/c1-27(2)6-3-7-29(23-26-21-17(25)13-16(24)14-20(21)35-23)22(31)15-4-5-18(19(12-15)30(32)33)28-8-10-34-11-9-28;/h4-5,12-14H,3,6-11H2,1-2H3;1H. The Hall–Kier alpha value is -2.93. The van der Waals surface area contributed by atoms with Crippen LogP contribution >= 0.6 is 23.7 Å². The van der Waals surface area contributed by atoms with Gasteiger partial charge in [0.05, 0.1) is 22.8 Å². The minimum atomic E-state index is -0.811. The molecule has 1 fully saturated rings. The Morgan fingerprint density at radius 1 is 1.19 bits per heavy atom. The summed E-state index contributed by atoms with van der Waals surface area (Å²) in [5.41, 5.74) is 0.338. The third kappa shape index (κ3) is 6.06. The average Bonchev–Trinajstić information content (AvgIpc) is 3.25. The molecular weight excluding hydrogens is 516 g/mol. The minimum Gasteiger partial charge on any atom is -0.378 e. The first-order valence-corrected chi connectivity index (χ1v) is 11.9. The molecule has 0 saturated carbocycles. The lowest BCUT2D eigenvalue weighted by atomic mass is 10.1. The van der Waals surface area contributed by atoms with Crippen molar-refractivity contribution in [3.05, 3.63) is 57.6 Å². The van der Waals surface area contributed by atoms with Crippen LogP contribution in [0.4, 0.5) is 25.3 Å². The van der Waals surface area contributed by atoms with Crippen LogP contribution in [-0.4, -0.2) is 74.2 Å². The van der Waals surface area contributed by atoms with Gasteiger partial charge in [-0.25, -0.2) is 13.8 Å². The smallest absolute Gasteiger partial charge is 0.293 e. The number of fused-ring (bicyclic) bond motifs is 1. The highest BCUT2D eigenvalue weighted by Crippen LogP contribution is 2.34. The predicted octanol–water partition coefficient (Wildman–Crippen LogP) is 4.34. The highest BCUT2D eigenvalue weighted by molar-refractivity contribution is 7.22. The van der Waals surface area contributed by atoms with Crippen LogP contribution in [0.2, 0.25) is 0 Å². The van der Waals surface area contributed by atoms with Gasteiger partial charge in [-0.2, -0.15) is 0 Å². The summed E-state index contributed by atoms with van der Waals surface area (Å²) in [6, 6.07) is 6.30. The lowest BCUT2D eigenvalue weighted by molar-refractivity contribution is -0.384. The summed E-state index contributed by atoms with van der Waals surface area (Å²) in [6.45, 7) is 2.88. The molecule has 194 valence electrons. The van der Waals surface area contributed by atoms with Crippen molar-refractivity contribution in [2.45, 2.75) is 6.42 Å². The van der Waals surface area contributed by atoms with E-state index in [1.165, 1.54) is 17.0 Å². The molecule has 0 unspecified atom stereocenters. The van der Waals surface area contributed by atoms with E-state index in [1.807, 2.05) is 23.9 Å².